The normalized spacial score (nSPS) is 9.78. The van der Waals surface area contributed by atoms with Crippen LogP contribution in [0.15, 0.2) is 18.2 Å². The number of thiocarbonyl (C=S) groups is 1. The molecule has 0 atom stereocenters. The van der Waals surface area contributed by atoms with Gasteiger partial charge >= 0.3 is 0 Å². The molecule has 6 heteroatoms. The smallest absolute Gasteiger partial charge is 0.182 e. The molecule has 1 aromatic rings. The van der Waals surface area contributed by atoms with Crippen LogP contribution in [0.5, 0.6) is 11.5 Å². The van der Waals surface area contributed by atoms with Crippen molar-refractivity contribution in [2.45, 2.75) is 6.42 Å². The molecule has 0 saturated carbocycles. The molecule has 0 aliphatic rings. The lowest BCUT2D eigenvalue weighted by atomic mass is 10.1. The highest BCUT2D eigenvalue weighted by atomic mass is 32.1. The monoisotopic (exact) mass is 269 g/mol. The molecule has 0 amide bonds. The van der Waals surface area contributed by atoms with E-state index in [1.54, 1.807) is 14.2 Å². The largest absolute Gasteiger partial charge is 0.493 e. The highest BCUT2D eigenvalue weighted by molar-refractivity contribution is 7.80. The summed E-state index contributed by atoms with van der Waals surface area (Å²) in [5, 5.41) is 0.524. The van der Waals surface area contributed by atoms with Gasteiger partial charge in [-0.3, -0.25) is 0 Å². The van der Waals surface area contributed by atoms with Crippen LogP contribution in [-0.2, 0) is 6.42 Å². The topological polar surface area (TPSA) is 59.8 Å². The molecule has 3 N–H and O–H groups in total. The maximum absolute atomic E-state index is 5.26. The summed E-state index contributed by atoms with van der Waals surface area (Å²) in [4.78, 5) is 1.88. The number of hydrazine groups is 1. The van der Waals surface area contributed by atoms with Crippen molar-refractivity contribution in [3.05, 3.63) is 23.8 Å². The van der Waals surface area contributed by atoms with Crippen LogP contribution in [0.3, 0.4) is 0 Å². The van der Waals surface area contributed by atoms with Crippen molar-refractivity contribution >= 4 is 17.3 Å². The van der Waals surface area contributed by atoms with E-state index in [0.29, 0.717) is 5.11 Å². The number of nitrogens with zero attached hydrogens (tertiary/aromatic N) is 1. The first kappa shape index (κ1) is 14.5. The predicted molar refractivity (Wildman–Crippen MR) is 75.8 cm³/mol. The number of hydrogen-bond acceptors (Lipinski definition) is 4. The number of rotatable bonds is 5. The second kappa shape index (κ2) is 7.03. The van der Waals surface area contributed by atoms with Gasteiger partial charge in [-0.15, -0.1) is 0 Å². The molecule has 0 spiro atoms. The van der Waals surface area contributed by atoms with Crippen LogP contribution in [-0.4, -0.2) is 37.8 Å². The molecule has 0 saturated heterocycles. The lowest BCUT2D eigenvalue weighted by Crippen LogP contribution is -2.41. The van der Waals surface area contributed by atoms with Crippen LogP contribution in [0.1, 0.15) is 5.56 Å². The van der Waals surface area contributed by atoms with Gasteiger partial charge < -0.3 is 19.8 Å². The summed E-state index contributed by atoms with van der Waals surface area (Å²) in [7, 11) is 5.14. The van der Waals surface area contributed by atoms with Gasteiger partial charge in [0.1, 0.15) is 0 Å². The highest BCUT2D eigenvalue weighted by Gasteiger charge is 2.06. The summed E-state index contributed by atoms with van der Waals surface area (Å²) in [6, 6.07) is 5.87. The Morgan fingerprint density at radius 3 is 2.56 bits per heavy atom. The molecule has 0 aliphatic heterocycles. The van der Waals surface area contributed by atoms with Crippen molar-refractivity contribution < 1.29 is 9.47 Å². The third kappa shape index (κ3) is 3.75. The van der Waals surface area contributed by atoms with E-state index in [0.717, 1.165) is 30.0 Å². The lowest BCUT2D eigenvalue weighted by Gasteiger charge is -2.19. The zero-order valence-electron chi connectivity index (χ0n) is 10.9. The van der Waals surface area contributed by atoms with Gasteiger partial charge in [0, 0.05) is 13.6 Å². The van der Waals surface area contributed by atoms with Crippen LogP contribution in [0, 0.1) is 0 Å². The molecule has 1 rings (SSSR count). The zero-order chi connectivity index (χ0) is 13.5. The first-order valence-electron chi connectivity index (χ1n) is 5.55. The first-order valence-corrected chi connectivity index (χ1v) is 5.95. The Hall–Kier alpha value is -1.53. The van der Waals surface area contributed by atoms with Gasteiger partial charge in [-0.05, 0) is 36.3 Å². The van der Waals surface area contributed by atoms with Crippen LogP contribution in [0.2, 0.25) is 0 Å². The fourth-order valence-electron chi connectivity index (χ4n) is 1.54. The van der Waals surface area contributed by atoms with Crippen molar-refractivity contribution in [1.82, 2.24) is 10.3 Å². The molecule has 0 heterocycles. The van der Waals surface area contributed by atoms with Gasteiger partial charge in [-0.1, -0.05) is 6.07 Å². The molecule has 0 aliphatic carbocycles. The molecule has 0 fully saturated rings. The van der Waals surface area contributed by atoms with Crippen LogP contribution < -0.4 is 20.7 Å². The number of ether oxygens (including phenoxy) is 2. The SMILES string of the molecule is COc1ccc(CCN(C)C(=S)NN)cc1OC. The predicted octanol–water partition coefficient (Wildman–Crippen LogP) is 0.926. The van der Waals surface area contributed by atoms with Crippen LogP contribution >= 0.6 is 12.2 Å². The van der Waals surface area contributed by atoms with Crippen molar-refractivity contribution in [3.8, 4) is 11.5 Å². The number of benzene rings is 1. The molecule has 5 nitrogen and oxygen atoms in total. The van der Waals surface area contributed by atoms with E-state index < -0.39 is 0 Å². The van der Waals surface area contributed by atoms with Gasteiger partial charge in [-0.25, -0.2) is 5.84 Å². The minimum absolute atomic E-state index is 0.524. The summed E-state index contributed by atoms with van der Waals surface area (Å²) in [6.07, 6.45) is 0.846. The standard InChI is InChI=1S/C12H19N3O2S/c1-15(12(18)14-13)7-6-9-4-5-10(16-2)11(8-9)17-3/h4-5,8H,6-7,13H2,1-3H3,(H,14,18). The van der Waals surface area contributed by atoms with Crippen LogP contribution in [0.4, 0.5) is 0 Å². The number of hydrogen-bond donors (Lipinski definition) is 2. The van der Waals surface area contributed by atoms with E-state index in [9.17, 15) is 0 Å². The van der Waals surface area contributed by atoms with Crippen molar-refractivity contribution in [2.24, 2.45) is 5.84 Å². The Kier molecular flexibility index (Phi) is 5.67. The highest BCUT2D eigenvalue weighted by Crippen LogP contribution is 2.27. The molecule has 1 aromatic carbocycles. The van der Waals surface area contributed by atoms with E-state index in [4.69, 9.17) is 27.5 Å². The molecular weight excluding hydrogens is 250 g/mol. The Labute approximate surface area is 113 Å². The summed E-state index contributed by atoms with van der Waals surface area (Å²) >= 11 is 5.03. The zero-order valence-corrected chi connectivity index (χ0v) is 11.7. The fraction of sp³-hybridized carbons (Fsp3) is 0.417. The van der Waals surface area contributed by atoms with Gasteiger partial charge in [-0.2, -0.15) is 0 Å². The summed E-state index contributed by atoms with van der Waals surface area (Å²) in [5.74, 6) is 6.72. The Bertz CT molecular complexity index is 412. The summed E-state index contributed by atoms with van der Waals surface area (Å²) in [6.45, 7) is 0.776. The second-order valence-electron chi connectivity index (χ2n) is 3.81. The molecule has 0 aromatic heterocycles. The molecule has 0 unspecified atom stereocenters. The average Bonchev–Trinajstić information content (AvgIpc) is 2.43. The number of nitrogens with one attached hydrogen (secondary N) is 1. The van der Waals surface area contributed by atoms with Gasteiger partial charge in [0.2, 0.25) is 0 Å². The van der Waals surface area contributed by atoms with Gasteiger partial charge in [0.05, 0.1) is 14.2 Å². The Balaban J connectivity index is 2.65. The number of nitrogens with two attached hydrogens (primary N) is 1. The van der Waals surface area contributed by atoms with Crippen LogP contribution in [0.25, 0.3) is 0 Å². The van der Waals surface area contributed by atoms with E-state index >= 15 is 0 Å². The van der Waals surface area contributed by atoms with Crippen molar-refractivity contribution in [1.29, 1.82) is 0 Å². The van der Waals surface area contributed by atoms with E-state index in [1.165, 1.54) is 0 Å². The molecule has 0 radical (unpaired) electrons. The summed E-state index contributed by atoms with van der Waals surface area (Å²) in [5.41, 5.74) is 3.61. The average molecular weight is 269 g/mol. The minimum Gasteiger partial charge on any atom is -0.493 e. The molecular formula is C12H19N3O2S. The van der Waals surface area contributed by atoms with Gasteiger partial charge in [0.15, 0.2) is 16.6 Å². The first-order chi connectivity index (χ1) is 8.62. The molecule has 100 valence electrons. The van der Waals surface area contributed by atoms with Gasteiger partial charge in [0.25, 0.3) is 0 Å². The van der Waals surface area contributed by atoms with Crippen molar-refractivity contribution in [3.63, 3.8) is 0 Å². The number of likely N-dealkylation sites (N-methyl/N-ethyl adjacent to an activating group) is 1. The quantitative estimate of drug-likeness (QED) is 0.471. The number of methoxy groups -OCH3 is 2. The Morgan fingerprint density at radius 1 is 1.33 bits per heavy atom. The summed E-state index contributed by atoms with van der Waals surface area (Å²) < 4.78 is 10.4. The molecule has 18 heavy (non-hydrogen) atoms. The second-order valence-corrected chi connectivity index (χ2v) is 4.20. The van der Waals surface area contributed by atoms with E-state index in [-0.39, 0.29) is 0 Å². The lowest BCUT2D eigenvalue weighted by molar-refractivity contribution is 0.354. The maximum atomic E-state index is 5.26. The van der Waals surface area contributed by atoms with E-state index in [2.05, 4.69) is 5.43 Å². The maximum Gasteiger partial charge on any atom is 0.182 e. The third-order valence-corrected chi connectivity index (χ3v) is 3.08. The Morgan fingerprint density at radius 2 is 2.00 bits per heavy atom. The molecule has 0 bridgehead atoms. The fourth-order valence-corrected chi connectivity index (χ4v) is 1.64. The minimum atomic E-state index is 0.524. The third-order valence-electron chi connectivity index (χ3n) is 2.65. The van der Waals surface area contributed by atoms with E-state index in [1.807, 2.05) is 30.1 Å². The van der Waals surface area contributed by atoms with Crippen molar-refractivity contribution in [2.75, 3.05) is 27.8 Å².